The number of fused-ring (bicyclic) bond motifs is 3. The molecule has 3 heterocycles. The van der Waals surface area contributed by atoms with Crippen molar-refractivity contribution in [3.63, 3.8) is 0 Å². The molecule has 0 saturated heterocycles. The van der Waals surface area contributed by atoms with E-state index in [1.807, 2.05) is 85.1 Å². The quantitative estimate of drug-likeness (QED) is 0.200. The molecule has 7 rings (SSSR count). The Kier molecular flexibility index (Phi) is 6.14. The van der Waals surface area contributed by atoms with E-state index in [0.29, 0.717) is 45.4 Å². The van der Waals surface area contributed by atoms with Crippen molar-refractivity contribution in [2.75, 3.05) is 7.11 Å². The Balaban J connectivity index is 1.39. The lowest BCUT2D eigenvalue weighted by Crippen LogP contribution is -2.20. The number of nitrogens with zero attached hydrogens (tertiary/aromatic N) is 4. The van der Waals surface area contributed by atoms with Crippen LogP contribution in [0.5, 0.6) is 5.75 Å². The van der Waals surface area contributed by atoms with Gasteiger partial charge in [-0.15, -0.1) is 0 Å². The molecule has 7 aromatic rings. The molecule has 0 amide bonds. The maximum absolute atomic E-state index is 13.8. The highest BCUT2D eigenvalue weighted by molar-refractivity contribution is 6.31. The molecule has 3 aromatic heterocycles. The summed E-state index contributed by atoms with van der Waals surface area (Å²) in [5, 5.41) is 7.64. The van der Waals surface area contributed by atoms with E-state index in [0.717, 1.165) is 27.4 Å². The van der Waals surface area contributed by atoms with Crippen LogP contribution in [-0.4, -0.2) is 27.6 Å². The van der Waals surface area contributed by atoms with Crippen molar-refractivity contribution < 1.29 is 9.15 Å². The molecule has 0 aliphatic carbocycles. The van der Waals surface area contributed by atoms with Crippen LogP contribution in [0, 0.1) is 0 Å². The van der Waals surface area contributed by atoms with Gasteiger partial charge in [0.25, 0.3) is 5.56 Å². The van der Waals surface area contributed by atoms with Gasteiger partial charge in [-0.1, -0.05) is 66.2 Å². The van der Waals surface area contributed by atoms with Crippen molar-refractivity contribution in [2.24, 2.45) is 5.10 Å². The number of hydrogen-bond donors (Lipinski definition) is 0. The van der Waals surface area contributed by atoms with Crippen molar-refractivity contribution in [3.8, 4) is 17.3 Å². The molecule has 0 N–H and O–H groups in total. The highest BCUT2D eigenvalue weighted by atomic mass is 35.5. The second-order valence-corrected chi connectivity index (χ2v) is 10.0. The molecule has 0 atom stereocenters. The molecular formula is C33H23ClN4O3. The molecule has 0 radical (unpaired) electrons. The fourth-order valence-electron chi connectivity index (χ4n) is 5.15. The highest BCUT2D eigenvalue weighted by Crippen LogP contribution is 2.33. The van der Waals surface area contributed by atoms with E-state index in [9.17, 15) is 4.79 Å². The third-order valence-corrected chi connectivity index (χ3v) is 7.51. The number of benzene rings is 4. The van der Waals surface area contributed by atoms with Gasteiger partial charge < -0.3 is 13.7 Å². The summed E-state index contributed by atoms with van der Waals surface area (Å²) in [6, 6.07) is 30.5. The molecule has 41 heavy (non-hydrogen) atoms. The summed E-state index contributed by atoms with van der Waals surface area (Å²) >= 11 is 6.46. The fourth-order valence-corrected chi connectivity index (χ4v) is 5.35. The van der Waals surface area contributed by atoms with E-state index in [-0.39, 0.29) is 5.56 Å². The Hall–Kier alpha value is -5.14. The molecule has 0 saturated carbocycles. The third kappa shape index (κ3) is 4.37. The van der Waals surface area contributed by atoms with Gasteiger partial charge in [0.1, 0.15) is 11.3 Å². The highest BCUT2D eigenvalue weighted by Gasteiger charge is 2.18. The van der Waals surface area contributed by atoms with E-state index in [1.165, 1.54) is 4.68 Å². The molecule has 0 aliphatic rings. The summed E-state index contributed by atoms with van der Waals surface area (Å²) < 4.78 is 15.1. The summed E-state index contributed by atoms with van der Waals surface area (Å²) in [6.45, 7) is 0.595. The van der Waals surface area contributed by atoms with Gasteiger partial charge in [-0.2, -0.15) is 9.78 Å². The smallest absolute Gasteiger partial charge is 0.282 e. The van der Waals surface area contributed by atoms with E-state index in [1.54, 1.807) is 25.5 Å². The Morgan fingerprint density at radius 2 is 1.71 bits per heavy atom. The molecule has 0 spiro atoms. The largest absolute Gasteiger partial charge is 0.496 e. The first-order valence-electron chi connectivity index (χ1n) is 13.0. The number of halogens is 1. The van der Waals surface area contributed by atoms with Crippen LogP contribution in [0.2, 0.25) is 5.02 Å². The van der Waals surface area contributed by atoms with Gasteiger partial charge >= 0.3 is 0 Å². The maximum atomic E-state index is 13.8. The van der Waals surface area contributed by atoms with Gasteiger partial charge in [0.2, 0.25) is 5.82 Å². The van der Waals surface area contributed by atoms with Crippen molar-refractivity contribution in [3.05, 3.63) is 130 Å². The zero-order valence-electron chi connectivity index (χ0n) is 22.0. The monoisotopic (exact) mass is 558 g/mol. The van der Waals surface area contributed by atoms with Crippen LogP contribution in [0.1, 0.15) is 11.1 Å². The molecule has 0 aliphatic heterocycles. The normalized spacial score (nSPS) is 11.8. The minimum absolute atomic E-state index is 0.294. The molecule has 0 fully saturated rings. The topological polar surface area (TPSA) is 74.6 Å². The molecule has 0 unspecified atom stereocenters. The lowest BCUT2D eigenvalue weighted by Gasteiger charge is -2.07. The van der Waals surface area contributed by atoms with Gasteiger partial charge in [-0.3, -0.25) is 4.79 Å². The van der Waals surface area contributed by atoms with Crippen LogP contribution in [0.15, 0.2) is 118 Å². The van der Waals surface area contributed by atoms with Crippen molar-refractivity contribution >= 4 is 50.6 Å². The predicted octanol–water partition coefficient (Wildman–Crippen LogP) is 7.36. The molecule has 8 heteroatoms. The van der Waals surface area contributed by atoms with Crippen molar-refractivity contribution in [1.82, 2.24) is 14.2 Å². The van der Waals surface area contributed by atoms with E-state index in [4.69, 9.17) is 25.7 Å². The molecule has 200 valence electrons. The van der Waals surface area contributed by atoms with E-state index >= 15 is 0 Å². The van der Waals surface area contributed by atoms with Gasteiger partial charge in [0.05, 0.1) is 29.6 Å². The van der Waals surface area contributed by atoms with Crippen LogP contribution in [0.4, 0.5) is 0 Å². The van der Waals surface area contributed by atoms with Crippen LogP contribution in [0.3, 0.4) is 0 Å². The average Bonchev–Trinajstić information content (AvgIpc) is 3.59. The molecule has 0 bridgehead atoms. The lowest BCUT2D eigenvalue weighted by molar-refractivity contribution is 0.419. The Bertz CT molecular complexity index is 2170. The molecule has 4 aromatic carbocycles. The number of furan rings is 1. The Morgan fingerprint density at radius 1 is 0.927 bits per heavy atom. The van der Waals surface area contributed by atoms with Crippen LogP contribution >= 0.6 is 11.6 Å². The Morgan fingerprint density at radius 3 is 2.56 bits per heavy atom. The van der Waals surface area contributed by atoms with Gasteiger partial charge in [-0.25, -0.2) is 4.98 Å². The number of methoxy groups -OCH3 is 1. The SMILES string of the molecule is COc1cccc2oc(-c3nc4ccccc4c(=O)n3N=Cc3cn(Cc4ccccc4Cl)c4ccccc34)cc12. The van der Waals surface area contributed by atoms with E-state index in [2.05, 4.69) is 15.7 Å². The van der Waals surface area contributed by atoms with Gasteiger partial charge in [-0.05, 0) is 48.0 Å². The Labute approximate surface area is 239 Å². The fraction of sp³-hybridized carbons (Fsp3) is 0.0606. The second kappa shape index (κ2) is 10.1. The minimum Gasteiger partial charge on any atom is -0.496 e. The molecule has 7 nitrogen and oxygen atoms in total. The van der Waals surface area contributed by atoms with Crippen LogP contribution < -0.4 is 10.3 Å². The number of hydrogen-bond acceptors (Lipinski definition) is 5. The maximum Gasteiger partial charge on any atom is 0.282 e. The molecular weight excluding hydrogens is 536 g/mol. The summed E-state index contributed by atoms with van der Waals surface area (Å²) in [6.07, 6.45) is 3.71. The zero-order valence-corrected chi connectivity index (χ0v) is 22.7. The lowest BCUT2D eigenvalue weighted by atomic mass is 10.2. The number of para-hydroxylation sites is 2. The van der Waals surface area contributed by atoms with Gasteiger partial charge in [0.15, 0.2) is 5.76 Å². The van der Waals surface area contributed by atoms with Gasteiger partial charge in [0, 0.05) is 34.2 Å². The van der Waals surface area contributed by atoms with Crippen molar-refractivity contribution in [2.45, 2.75) is 6.54 Å². The summed E-state index contributed by atoms with van der Waals surface area (Å²) in [4.78, 5) is 18.5. The number of aromatic nitrogens is 3. The first-order chi connectivity index (χ1) is 20.1. The average molecular weight is 559 g/mol. The standard InChI is InChI=1S/C33H23ClN4O3/c1-40-29-15-8-16-30-25(29)17-31(41-30)32-36-27-13-6-3-11-24(27)33(39)38(32)35-18-22-20-37(28-14-7-4-10-23(22)28)19-21-9-2-5-12-26(21)34/h2-18,20H,19H2,1H3. The summed E-state index contributed by atoms with van der Waals surface area (Å²) in [7, 11) is 1.61. The van der Waals surface area contributed by atoms with E-state index < -0.39 is 0 Å². The first-order valence-corrected chi connectivity index (χ1v) is 13.4. The summed E-state index contributed by atoms with van der Waals surface area (Å²) in [5.74, 6) is 1.37. The minimum atomic E-state index is -0.297. The first kappa shape index (κ1) is 24.9. The van der Waals surface area contributed by atoms with Crippen LogP contribution in [0.25, 0.3) is 44.4 Å². The number of rotatable bonds is 6. The predicted molar refractivity (Wildman–Crippen MR) is 163 cm³/mol. The van der Waals surface area contributed by atoms with Crippen molar-refractivity contribution in [1.29, 1.82) is 0 Å². The summed E-state index contributed by atoms with van der Waals surface area (Å²) in [5.41, 5.74) is 3.78. The van der Waals surface area contributed by atoms with Crippen LogP contribution in [-0.2, 0) is 6.54 Å². The second-order valence-electron chi connectivity index (χ2n) is 9.62. The third-order valence-electron chi connectivity index (χ3n) is 7.15. The zero-order chi connectivity index (χ0) is 27.9. The number of ether oxygens (including phenoxy) is 1.